The second-order valence-corrected chi connectivity index (χ2v) is 14.3. The standard InChI is InChI=1S/C38H37BrClN7O3/c1-24-14-18-44(19-15-24)28-9-11-29(12-10-28)47-34(36(48)43-21-27-6-3-4-7-30(27)35-41-16-5-17-42-35)33-23-45(25(2)22-46(33)38(47)50)37(49)26-8-13-31(39)32(40)20-26/h3-13,16-17,20,24-25H,14-15,18-19,21-23H2,1-2H3,(H,43,48)/t25-/m1/s1. The van der Waals surface area contributed by atoms with E-state index in [1.54, 1.807) is 46.1 Å². The minimum Gasteiger partial charge on any atom is -0.372 e. The van der Waals surface area contributed by atoms with Gasteiger partial charge in [-0.15, -0.1) is 0 Å². The van der Waals surface area contributed by atoms with Crippen LogP contribution in [0.4, 0.5) is 5.69 Å². The SMILES string of the molecule is CC1CCN(c2ccc(-n3c(C(=O)NCc4ccccc4-c4ncccn4)c4n(c3=O)C[C@@H](C)N(C(=O)c3ccc(Br)c(Cl)c3)C4)cc2)CC1. The molecule has 7 rings (SSSR count). The number of anilines is 1. The van der Waals surface area contributed by atoms with E-state index in [2.05, 4.69) is 43.0 Å². The van der Waals surface area contributed by atoms with E-state index in [9.17, 15) is 14.4 Å². The van der Waals surface area contributed by atoms with Gasteiger partial charge in [-0.2, -0.15) is 0 Å². The Morgan fingerprint density at radius 1 is 0.940 bits per heavy atom. The summed E-state index contributed by atoms with van der Waals surface area (Å²) in [6.07, 6.45) is 5.63. The summed E-state index contributed by atoms with van der Waals surface area (Å²) < 4.78 is 3.80. The molecule has 0 radical (unpaired) electrons. The minimum absolute atomic E-state index is 0.0666. The zero-order valence-corrected chi connectivity index (χ0v) is 30.2. The number of carbonyl (C=O) groups excluding carboxylic acids is 2. The van der Waals surface area contributed by atoms with Crippen molar-refractivity contribution in [3.63, 3.8) is 0 Å². The van der Waals surface area contributed by atoms with Crippen LogP contribution in [0.1, 0.15) is 58.8 Å². The largest absolute Gasteiger partial charge is 0.372 e. The average Bonchev–Trinajstić information content (AvgIpc) is 3.42. The molecule has 50 heavy (non-hydrogen) atoms. The van der Waals surface area contributed by atoms with Gasteiger partial charge in [0.25, 0.3) is 11.8 Å². The molecule has 2 aliphatic heterocycles. The summed E-state index contributed by atoms with van der Waals surface area (Å²) in [6.45, 7) is 6.63. The molecule has 0 unspecified atom stereocenters. The molecule has 10 nitrogen and oxygen atoms in total. The molecular weight excluding hydrogens is 718 g/mol. The molecule has 0 aliphatic carbocycles. The van der Waals surface area contributed by atoms with Crippen molar-refractivity contribution in [2.75, 3.05) is 18.0 Å². The van der Waals surface area contributed by atoms with Gasteiger partial charge in [0, 0.05) is 65.9 Å². The highest BCUT2D eigenvalue weighted by Gasteiger charge is 2.35. The van der Waals surface area contributed by atoms with Crippen LogP contribution in [0, 0.1) is 5.92 Å². The van der Waals surface area contributed by atoms with Crippen LogP contribution in [0.3, 0.4) is 0 Å². The van der Waals surface area contributed by atoms with Crippen molar-refractivity contribution in [1.29, 1.82) is 0 Å². The molecule has 1 N–H and O–H groups in total. The zero-order valence-electron chi connectivity index (χ0n) is 27.9. The van der Waals surface area contributed by atoms with Crippen molar-refractivity contribution in [1.82, 2.24) is 29.3 Å². The first-order chi connectivity index (χ1) is 24.2. The molecule has 0 spiro atoms. The van der Waals surface area contributed by atoms with Gasteiger partial charge >= 0.3 is 5.69 Å². The number of piperidine rings is 1. The van der Waals surface area contributed by atoms with Crippen LogP contribution in [0.2, 0.25) is 5.02 Å². The number of rotatable bonds is 7. The van der Waals surface area contributed by atoms with E-state index in [4.69, 9.17) is 11.6 Å². The van der Waals surface area contributed by atoms with E-state index in [1.165, 1.54) is 4.57 Å². The Balaban J connectivity index is 1.26. The molecule has 0 saturated carbocycles. The molecule has 2 aliphatic rings. The van der Waals surface area contributed by atoms with Gasteiger partial charge in [0.05, 0.1) is 22.9 Å². The maximum Gasteiger partial charge on any atom is 0.333 e. The van der Waals surface area contributed by atoms with Gasteiger partial charge in [-0.1, -0.05) is 42.8 Å². The third-order valence-electron chi connectivity index (χ3n) is 9.71. The van der Waals surface area contributed by atoms with Crippen LogP contribution in [-0.2, 0) is 19.6 Å². The summed E-state index contributed by atoms with van der Waals surface area (Å²) in [6, 6.07) is 22.0. The van der Waals surface area contributed by atoms with Gasteiger partial charge in [0.2, 0.25) is 0 Å². The summed E-state index contributed by atoms with van der Waals surface area (Å²) in [4.78, 5) is 55.3. The van der Waals surface area contributed by atoms with Crippen molar-refractivity contribution in [3.05, 3.63) is 128 Å². The maximum absolute atomic E-state index is 14.4. The highest BCUT2D eigenvalue weighted by Crippen LogP contribution is 2.29. The molecule has 12 heteroatoms. The van der Waals surface area contributed by atoms with Gasteiger partial charge in [-0.25, -0.2) is 14.8 Å². The van der Waals surface area contributed by atoms with Crippen molar-refractivity contribution in [2.45, 2.75) is 52.4 Å². The predicted molar refractivity (Wildman–Crippen MR) is 198 cm³/mol. The number of carbonyl (C=O) groups is 2. The molecule has 2 amide bonds. The second-order valence-electron chi connectivity index (χ2n) is 13.0. The molecule has 4 heterocycles. The van der Waals surface area contributed by atoms with Gasteiger partial charge in [-0.05, 0) is 95.7 Å². The van der Waals surface area contributed by atoms with E-state index in [1.807, 2.05) is 55.5 Å². The Bertz CT molecular complexity index is 2110. The zero-order chi connectivity index (χ0) is 34.9. The van der Waals surface area contributed by atoms with Gasteiger partial charge in [0.15, 0.2) is 5.82 Å². The van der Waals surface area contributed by atoms with Gasteiger partial charge < -0.3 is 15.1 Å². The Labute approximate surface area is 303 Å². The fourth-order valence-electron chi connectivity index (χ4n) is 6.83. The first-order valence-corrected chi connectivity index (χ1v) is 18.0. The molecule has 2 aromatic heterocycles. The van der Waals surface area contributed by atoms with Crippen molar-refractivity contribution >= 4 is 45.0 Å². The van der Waals surface area contributed by atoms with Crippen LogP contribution >= 0.6 is 27.5 Å². The number of nitrogens with one attached hydrogen (secondary N) is 1. The predicted octanol–water partition coefficient (Wildman–Crippen LogP) is 6.72. The molecule has 0 bridgehead atoms. The van der Waals surface area contributed by atoms with E-state index in [0.717, 1.165) is 42.7 Å². The Morgan fingerprint density at radius 2 is 1.64 bits per heavy atom. The molecular formula is C38H37BrClN7O3. The van der Waals surface area contributed by atoms with E-state index >= 15 is 0 Å². The van der Waals surface area contributed by atoms with Crippen molar-refractivity contribution < 1.29 is 9.59 Å². The summed E-state index contributed by atoms with van der Waals surface area (Å²) >= 11 is 9.74. The summed E-state index contributed by atoms with van der Waals surface area (Å²) in [5.74, 6) is 0.596. The van der Waals surface area contributed by atoms with E-state index in [-0.39, 0.29) is 43.0 Å². The third kappa shape index (κ3) is 6.59. The number of benzene rings is 3. The Morgan fingerprint density at radius 3 is 2.36 bits per heavy atom. The topological polar surface area (TPSA) is 105 Å². The number of nitrogens with zero attached hydrogens (tertiary/aromatic N) is 6. The summed E-state index contributed by atoms with van der Waals surface area (Å²) in [5.41, 5.74) is 4.05. The first kappa shape index (κ1) is 33.7. The van der Waals surface area contributed by atoms with E-state index < -0.39 is 5.91 Å². The lowest BCUT2D eigenvalue weighted by atomic mass is 9.99. The average molecular weight is 755 g/mol. The quantitative estimate of drug-likeness (QED) is 0.198. The van der Waals surface area contributed by atoms with Crippen LogP contribution < -0.4 is 15.9 Å². The first-order valence-electron chi connectivity index (χ1n) is 16.8. The Kier molecular flexibility index (Phi) is 9.61. The molecule has 1 saturated heterocycles. The number of aromatic nitrogens is 4. The summed E-state index contributed by atoms with van der Waals surface area (Å²) in [5, 5.41) is 3.49. The number of hydrogen-bond acceptors (Lipinski definition) is 6. The number of fused-ring (bicyclic) bond motifs is 1. The van der Waals surface area contributed by atoms with Gasteiger partial charge in [-0.3, -0.25) is 18.7 Å². The maximum atomic E-state index is 14.4. The van der Waals surface area contributed by atoms with E-state index in [0.29, 0.717) is 38.2 Å². The number of halogens is 2. The van der Waals surface area contributed by atoms with Gasteiger partial charge in [0.1, 0.15) is 5.69 Å². The normalized spacial score (nSPS) is 16.3. The minimum atomic E-state index is -0.428. The molecule has 256 valence electrons. The van der Waals surface area contributed by atoms with Crippen LogP contribution in [-0.4, -0.2) is 54.9 Å². The number of amides is 2. The second kappa shape index (κ2) is 14.2. The lowest BCUT2D eigenvalue weighted by Crippen LogP contribution is -2.47. The van der Waals surface area contributed by atoms with Crippen LogP contribution in [0.5, 0.6) is 0 Å². The molecule has 3 aromatic carbocycles. The fourth-order valence-corrected chi connectivity index (χ4v) is 7.25. The number of imidazole rings is 1. The van der Waals surface area contributed by atoms with Crippen molar-refractivity contribution in [2.24, 2.45) is 5.92 Å². The lowest BCUT2D eigenvalue weighted by molar-refractivity contribution is 0.0610. The highest BCUT2D eigenvalue weighted by molar-refractivity contribution is 9.10. The smallest absolute Gasteiger partial charge is 0.333 e. The molecule has 5 aromatic rings. The monoisotopic (exact) mass is 753 g/mol. The molecule has 1 fully saturated rings. The molecule has 1 atom stereocenters. The van der Waals surface area contributed by atoms with Crippen LogP contribution in [0.15, 0.2) is 94.5 Å². The van der Waals surface area contributed by atoms with Crippen molar-refractivity contribution in [3.8, 4) is 17.1 Å². The third-order valence-corrected chi connectivity index (χ3v) is 10.9. The number of hydrogen-bond donors (Lipinski definition) is 1. The fraction of sp³-hybridized carbons (Fsp3) is 0.289. The Hall–Kier alpha value is -4.74. The van der Waals surface area contributed by atoms with Crippen LogP contribution in [0.25, 0.3) is 17.1 Å². The lowest BCUT2D eigenvalue weighted by Gasteiger charge is -2.34. The highest BCUT2D eigenvalue weighted by atomic mass is 79.9. The summed E-state index contributed by atoms with van der Waals surface area (Å²) in [7, 11) is 0.